The molecule has 56 valence electrons. The number of benzene rings is 1. The minimum absolute atomic E-state index is 0.974. The van der Waals surface area contributed by atoms with Crippen LogP contribution in [0.25, 0.3) is 0 Å². The molecule has 0 radical (unpaired) electrons. The van der Waals surface area contributed by atoms with Gasteiger partial charge in [-0.05, 0) is 11.5 Å². The van der Waals surface area contributed by atoms with Crippen molar-refractivity contribution in [2.24, 2.45) is 0 Å². The molecule has 0 unspecified atom stereocenters. The van der Waals surface area contributed by atoms with Gasteiger partial charge in [-0.3, -0.25) is 0 Å². The standard InChI is InChI=1S/C8H12B2O/c1-11-8-3-2-6(5-9)4-7(8)10/h2-4H,5,9-10H2,1H3. The molecule has 1 nitrogen and oxygen atoms in total. The third kappa shape index (κ3) is 1.79. The highest BCUT2D eigenvalue weighted by molar-refractivity contribution is 6.34. The van der Waals surface area contributed by atoms with Crippen molar-refractivity contribution >= 4 is 21.2 Å². The van der Waals surface area contributed by atoms with E-state index in [-0.39, 0.29) is 0 Å². The van der Waals surface area contributed by atoms with Crippen LogP contribution in [0.1, 0.15) is 5.56 Å². The van der Waals surface area contributed by atoms with Crippen molar-refractivity contribution in [3.63, 3.8) is 0 Å². The van der Waals surface area contributed by atoms with E-state index in [0.29, 0.717) is 0 Å². The van der Waals surface area contributed by atoms with E-state index in [2.05, 4.69) is 27.8 Å². The Morgan fingerprint density at radius 1 is 1.45 bits per heavy atom. The molecule has 0 atom stereocenters. The topological polar surface area (TPSA) is 9.23 Å². The summed E-state index contributed by atoms with van der Waals surface area (Å²) in [5, 5.41) is 0. The molecule has 0 aliphatic rings. The summed E-state index contributed by atoms with van der Waals surface area (Å²) in [6, 6.07) is 6.29. The minimum Gasteiger partial charge on any atom is -0.497 e. The molecule has 0 saturated carbocycles. The highest BCUT2D eigenvalue weighted by atomic mass is 16.5. The largest absolute Gasteiger partial charge is 0.497 e. The van der Waals surface area contributed by atoms with Crippen LogP contribution in [-0.4, -0.2) is 22.8 Å². The fourth-order valence-electron chi connectivity index (χ4n) is 1.16. The van der Waals surface area contributed by atoms with Crippen molar-refractivity contribution in [1.82, 2.24) is 0 Å². The van der Waals surface area contributed by atoms with Crippen LogP contribution < -0.4 is 10.2 Å². The van der Waals surface area contributed by atoms with Gasteiger partial charge in [0, 0.05) is 0 Å². The fraction of sp³-hybridized carbons (Fsp3) is 0.250. The van der Waals surface area contributed by atoms with E-state index >= 15 is 0 Å². The van der Waals surface area contributed by atoms with Gasteiger partial charge in [0.15, 0.2) is 0 Å². The van der Waals surface area contributed by atoms with E-state index in [1.165, 1.54) is 11.0 Å². The highest BCUT2D eigenvalue weighted by Gasteiger charge is 1.96. The van der Waals surface area contributed by atoms with Crippen LogP contribution in [0.15, 0.2) is 18.2 Å². The Hall–Kier alpha value is -0.850. The maximum atomic E-state index is 5.14. The van der Waals surface area contributed by atoms with Crippen LogP contribution in [0.3, 0.4) is 0 Å². The monoisotopic (exact) mass is 146 g/mol. The molecular formula is C8H12B2O. The molecule has 0 spiro atoms. The third-order valence-electron chi connectivity index (χ3n) is 1.87. The Morgan fingerprint density at radius 3 is 2.64 bits per heavy atom. The summed E-state index contributed by atoms with van der Waals surface area (Å²) < 4.78 is 5.14. The van der Waals surface area contributed by atoms with Crippen molar-refractivity contribution in [3.05, 3.63) is 23.8 Å². The van der Waals surface area contributed by atoms with Gasteiger partial charge in [-0.25, -0.2) is 0 Å². The van der Waals surface area contributed by atoms with Crippen LogP contribution in [-0.2, 0) is 6.32 Å². The Morgan fingerprint density at radius 2 is 2.18 bits per heavy atom. The highest BCUT2D eigenvalue weighted by Crippen LogP contribution is 2.07. The summed E-state index contributed by atoms with van der Waals surface area (Å²) in [6.45, 7) is 0. The maximum Gasteiger partial charge on any atom is 0.144 e. The summed E-state index contributed by atoms with van der Waals surface area (Å²) >= 11 is 0. The predicted octanol–water partition coefficient (Wildman–Crippen LogP) is -0.913. The molecule has 1 rings (SSSR count). The second kappa shape index (κ2) is 3.51. The lowest BCUT2D eigenvalue weighted by molar-refractivity contribution is 0.418. The number of ether oxygens (including phenoxy) is 1. The molecule has 3 heteroatoms. The summed E-state index contributed by atoms with van der Waals surface area (Å²) in [5.41, 5.74) is 2.58. The minimum atomic E-state index is 0.974. The summed E-state index contributed by atoms with van der Waals surface area (Å²) in [5.74, 6) is 0.974. The summed E-state index contributed by atoms with van der Waals surface area (Å²) in [7, 11) is 5.92. The quantitative estimate of drug-likeness (QED) is 0.490. The van der Waals surface area contributed by atoms with Crippen LogP contribution in [0, 0.1) is 0 Å². The predicted molar refractivity (Wildman–Crippen MR) is 53.4 cm³/mol. The first-order chi connectivity index (χ1) is 5.27. The van der Waals surface area contributed by atoms with Crippen LogP contribution in [0.2, 0.25) is 0 Å². The van der Waals surface area contributed by atoms with Gasteiger partial charge in [-0.15, -0.1) is 0 Å². The second-order valence-electron chi connectivity index (χ2n) is 2.66. The van der Waals surface area contributed by atoms with Crippen LogP contribution in [0.5, 0.6) is 5.75 Å². The van der Waals surface area contributed by atoms with Gasteiger partial charge in [0.05, 0.1) is 7.11 Å². The summed E-state index contributed by atoms with van der Waals surface area (Å²) in [4.78, 5) is 0. The lowest BCUT2D eigenvalue weighted by atomic mass is 9.89. The zero-order chi connectivity index (χ0) is 8.27. The molecule has 0 saturated heterocycles. The first kappa shape index (κ1) is 8.25. The lowest BCUT2D eigenvalue weighted by Crippen LogP contribution is -2.07. The van der Waals surface area contributed by atoms with Crippen LogP contribution in [0.4, 0.5) is 0 Å². The molecule has 0 fully saturated rings. The molecule has 0 aliphatic heterocycles. The number of methoxy groups -OCH3 is 1. The lowest BCUT2D eigenvalue weighted by Gasteiger charge is -2.05. The van der Waals surface area contributed by atoms with Crippen molar-refractivity contribution in [1.29, 1.82) is 0 Å². The fourth-order valence-corrected chi connectivity index (χ4v) is 1.16. The molecule has 0 aromatic heterocycles. The number of rotatable bonds is 2. The first-order valence-corrected chi connectivity index (χ1v) is 3.91. The molecule has 0 amide bonds. The normalized spacial score (nSPS) is 9.55. The molecule has 1 aromatic rings. The van der Waals surface area contributed by atoms with E-state index < -0.39 is 0 Å². The number of hydrogen-bond donors (Lipinski definition) is 0. The van der Waals surface area contributed by atoms with E-state index in [1.54, 1.807) is 7.11 Å². The Kier molecular flexibility index (Phi) is 2.64. The van der Waals surface area contributed by atoms with Gasteiger partial charge >= 0.3 is 0 Å². The van der Waals surface area contributed by atoms with Crippen molar-refractivity contribution in [3.8, 4) is 5.75 Å². The van der Waals surface area contributed by atoms with Crippen LogP contribution >= 0.6 is 0 Å². The van der Waals surface area contributed by atoms with Gasteiger partial charge in [-0.1, -0.05) is 24.0 Å². The van der Waals surface area contributed by atoms with Gasteiger partial charge < -0.3 is 4.74 Å². The van der Waals surface area contributed by atoms with E-state index in [0.717, 1.165) is 12.1 Å². The SMILES string of the molecule is BCc1ccc(OC)c(B)c1. The van der Waals surface area contributed by atoms with E-state index in [1.807, 2.05) is 6.07 Å². The number of hydrogen-bond acceptors (Lipinski definition) is 1. The van der Waals surface area contributed by atoms with Crippen molar-refractivity contribution < 1.29 is 4.74 Å². The molecule has 0 heterocycles. The Labute approximate surface area is 69.6 Å². The molecular weight excluding hydrogens is 134 g/mol. The van der Waals surface area contributed by atoms with Crippen molar-refractivity contribution in [2.75, 3.05) is 7.11 Å². The zero-order valence-electron chi connectivity index (χ0n) is 7.35. The first-order valence-electron chi connectivity index (χ1n) is 3.91. The van der Waals surface area contributed by atoms with Crippen molar-refractivity contribution in [2.45, 2.75) is 6.32 Å². The molecule has 0 N–H and O–H groups in total. The smallest absolute Gasteiger partial charge is 0.144 e. The zero-order valence-corrected chi connectivity index (χ0v) is 7.35. The van der Waals surface area contributed by atoms with Gasteiger partial charge in [0.25, 0.3) is 0 Å². The third-order valence-corrected chi connectivity index (χ3v) is 1.87. The Bertz CT molecular complexity index is 248. The summed E-state index contributed by atoms with van der Waals surface area (Å²) in [6.07, 6.45) is 1.09. The average molecular weight is 146 g/mol. The maximum absolute atomic E-state index is 5.14. The molecule has 11 heavy (non-hydrogen) atoms. The van der Waals surface area contributed by atoms with Gasteiger partial charge in [0.1, 0.15) is 21.4 Å². The van der Waals surface area contributed by atoms with E-state index in [9.17, 15) is 0 Å². The second-order valence-corrected chi connectivity index (χ2v) is 2.66. The molecule has 0 aliphatic carbocycles. The van der Waals surface area contributed by atoms with E-state index in [4.69, 9.17) is 4.74 Å². The Balaban J connectivity index is 2.99. The molecule has 0 bridgehead atoms. The van der Waals surface area contributed by atoms with Gasteiger partial charge in [0.2, 0.25) is 0 Å². The van der Waals surface area contributed by atoms with Gasteiger partial charge in [-0.2, -0.15) is 0 Å². The average Bonchev–Trinajstić information content (AvgIpc) is 2.04. The molecule has 1 aromatic carbocycles.